The number of carbonyl (C=O) groups excluding carboxylic acids is 1. The average molecular weight is 253 g/mol. The number of carbonyl (C=O) groups is 1. The lowest BCUT2D eigenvalue weighted by molar-refractivity contribution is 0.0630. The molecule has 1 N–H and O–H groups in total. The van der Waals surface area contributed by atoms with E-state index >= 15 is 0 Å². The molecule has 1 saturated heterocycles. The number of rotatable bonds is 3. The Bertz CT molecular complexity index is 429. The number of aryl methyl sites for hydroxylation is 1. The first kappa shape index (κ1) is 12.4. The monoisotopic (exact) mass is 252 g/mol. The molecule has 0 saturated carbocycles. The van der Waals surface area contributed by atoms with Gasteiger partial charge in [0.15, 0.2) is 0 Å². The quantitative estimate of drug-likeness (QED) is 0.894. The van der Waals surface area contributed by atoms with Crippen LogP contribution in [0.15, 0.2) is 18.2 Å². The third kappa shape index (κ3) is 2.45. The molecule has 1 amide bonds. The summed E-state index contributed by atoms with van der Waals surface area (Å²) in [5, 5.41) is 3.83. The van der Waals surface area contributed by atoms with Crippen LogP contribution in [-0.4, -0.2) is 36.5 Å². The van der Waals surface area contributed by atoms with E-state index in [1.54, 1.807) is 6.07 Å². The van der Waals surface area contributed by atoms with Gasteiger partial charge in [-0.05, 0) is 31.5 Å². The van der Waals surface area contributed by atoms with E-state index in [0.29, 0.717) is 16.6 Å². The molecule has 1 aliphatic heterocycles. The van der Waals surface area contributed by atoms with Gasteiger partial charge in [0.2, 0.25) is 0 Å². The van der Waals surface area contributed by atoms with Gasteiger partial charge in [0.05, 0.1) is 6.04 Å². The molecular weight excluding hydrogens is 236 g/mol. The van der Waals surface area contributed by atoms with Crippen molar-refractivity contribution in [1.82, 2.24) is 10.2 Å². The van der Waals surface area contributed by atoms with Crippen molar-refractivity contribution in [3.05, 3.63) is 34.3 Å². The lowest BCUT2D eigenvalue weighted by Gasteiger charge is -2.37. The Morgan fingerprint density at radius 1 is 1.53 bits per heavy atom. The lowest BCUT2D eigenvalue weighted by Crippen LogP contribution is -2.58. The molecule has 1 heterocycles. The molecule has 1 aromatic carbocycles. The van der Waals surface area contributed by atoms with Crippen LogP contribution in [0, 0.1) is 6.92 Å². The highest BCUT2D eigenvalue weighted by molar-refractivity contribution is 6.31. The molecule has 0 bridgehead atoms. The van der Waals surface area contributed by atoms with Crippen LogP contribution in [0.25, 0.3) is 0 Å². The summed E-state index contributed by atoms with van der Waals surface area (Å²) >= 11 is 6.05. The molecule has 0 unspecified atom stereocenters. The van der Waals surface area contributed by atoms with Crippen LogP contribution in [0.4, 0.5) is 0 Å². The van der Waals surface area contributed by atoms with Crippen molar-refractivity contribution in [3.63, 3.8) is 0 Å². The van der Waals surface area contributed by atoms with Gasteiger partial charge in [-0.1, -0.05) is 17.7 Å². The lowest BCUT2D eigenvalue weighted by atomic mass is 10.1. The molecule has 2 rings (SSSR count). The van der Waals surface area contributed by atoms with Gasteiger partial charge in [0, 0.05) is 30.2 Å². The summed E-state index contributed by atoms with van der Waals surface area (Å²) in [5.74, 6) is 0.0703. The number of hydrogen-bond donors (Lipinski definition) is 1. The molecule has 1 aromatic rings. The zero-order chi connectivity index (χ0) is 12.4. The highest BCUT2D eigenvalue weighted by Gasteiger charge is 2.27. The SMILES string of the molecule is CCN(C(=O)c1ccc(C)c(Cl)c1)C1CNC1. The second-order valence-corrected chi connectivity index (χ2v) is 4.77. The number of nitrogens with one attached hydrogen (secondary N) is 1. The highest BCUT2D eigenvalue weighted by Crippen LogP contribution is 2.19. The Morgan fingerprint density at radius 2 is 2.24 bits per heavy atom. The molecule has 0 atom stereocenters. The summed E-state index contributed by atoms with van der Waals surface area (Å²) in [6.07, 6.45) is 0. The maximum absolute atomic E-state index is 12.3. The van der Waals surface area contributed by atoms with E-state index in [1.807, 2.05) is 30.9 Å². The van der Waals surface area contributed by atoms with E-state index in [2.05, 4.69) is 5.32 Å². The van der Waals surface area contributed by atoms with Gasteiger partial charge in [-0.2, -0.15) is 0 Å². The fraction of sp³-hybridized carbons (Fsp3) is 0.462. The molecule has 3 nitrogen and oxygen atoms in total. The van der Waals surface area contributed by atoms with Crippen LogP contribution >= 0.6 is 11.6 Å². The predicted octanol–water partition coefficient (Wildman–Crippen LogP) is 2.08. The minimum atomic E-state index is 0.0703. The van der Waals surface area contributed by atoms with Gasteiger partial charge >= 0.3 is 0 Å². The fourth-order valence-electron chi connectivity index (χ4n) is 1.95. The third-order valence-corrected chi connectivity index (χ3v) is 3.63. The Labute approximate surface area is 107 Å². The van der Waals surface area contributed by atoms with Gasteiger partial charge in [0.25, 0.3) is 5.91 Å². The second-order valence-electron chi connectivity index (χ2n) is 4.37. The summed E-state index contributed by atoms with van der Waals surface area (Å²) in [6.45, 7) is 6.45. The van der Waals surface area contributed by atoms with Crippen molar-refractivity contribution >= 4 is 17.5 Å². The number of halogens is 1. The van der Waals surface area contributed by atoms with Crippen LogP contribution in [0.3, 0.4) is 0 Å². The van der Waals surface area contributed by atoms with Crippen molar-refractivity contribution in [3.8, 4) is 0 Å². The van der Waals surface area contributed by atoms with Crippen molar-refractivity contribution in [1.29, 1.82) is 0 Å². The summed E-state index contributed by atoms with van der Waals surface area (Å²) in [7, 11) is 0. The molecule has 1 aliphatic rings. The number of hydrogen-bond acceptors (Lipinski definition) is 2. The molecule has 4 heteroatoms. The van der Waals surface area contributed by atoms with Crippen molar-refractivity contribution in [2.24, 2.45) is 0 Å². The largest absolute Gasteiger partial charge is 0.333 e. The van der Waals surface area contributed by atoms with E-state index in [-0.39, 0.29) is 5.91 Å². The summed E-state index contributed by atoms with van der Waals surface area (Å²) < 4.78 is 0. The van der Waals surface area contributed by atoms with E-state index in [0.717, 1.165) is 25.2 Å². The number of benzene rings is 1. The molecule has 0 aromatic heterocycles. The molecule has 0 spiro atoms. The Morgan fingerprint density at radius 3 is 2.71 bits per heavy atom. The number of nitrogens with zero attached hydrogens (tertiary/aromatic N) is 1. The van der Waals surface area contributed by atoms with Crippen LogP contribution in [0.5, 0.6) is 0 Å². The first-order valence-corrected chi connectivity index (χ1v) is 6.29. The first-order valence-electron chi connectivity index (χ1n) is 5.91. The van der Waals surface area contributed by atoms with Crippen LogP contribution in [0.2, 0.25) is 5.02 Å². The van der Waals surface area contributed by atoms with E-state index in [4.69, 9.17) is 11.6 Å². The Kier molecular flexibility index (Phi) is 3.69. The van der Waals surface area contributed by atoms with Crippen LogP contribution in [-0.2, 0) is 0 Å². The van der Waals surface area contributed by atoms with Crippen molar-refractivity contribution in [2.75, 3.05) is 19.6 Å². The maximum Gasteiger partial charge on any atom is 0.254 e. The standard InChI is InChI=1S/C13H17ClN2O/c1-3-16(11-7-15-8-11)13(17)10-5-4-9(2)12(14)6-10/h4-6,11,15H,3,7-8H2,1-2H3. The maximum atomic E-state index is 12.3. The van der Waals surface area contributed by atoms with Gasteiger partial charge in [-0.15, -0.1) is 0 Å². The number of likely N-dealkylation sites (N-methyl/N-ethyl adjacent to an activating group) is 1. The van der Waals surface area contributed by atoms with E-state index in [9.17, 15) is 4.79 Å². The zero-order valence-corrected chi connectivity index (χ0v) is 10.9. The zero-order valence-electron chi connectivity index (χ0n) is 10.2. The average Bonchev–Trinajstić information content (AvgIpc) is 2.26. The van der Waals surface area contributed by atoms with Crippen molar-refractivity contribution < 1.29 is 4.79 Å². The Balaban J connectivity index is 2.19. The second kappa shape index (κ2) is 5.07. The number of amides is 1. The van der Waals surface area contributed by atoms with Gasteiger partial charge in [-0.25, -0.2) is 0 Å². The van der Waals surface area contributed by atoms with Crippen LogP contribution < -0.4 is 5.32 Å². The third-order valence-electron chi connectivity index (χ3n) is 3.22. The van der Waals surface area contributed by atoms with E-state index in [1.165, 1.54) is 0 Å². The minimum absolute atomic E-state index is 0.0703. The molecule has 0 aliphatic carbocycles. The first-order chi connectivity index (χ1) is 8.13. The van der Waals surface area contributed by atoms with Gasteiger partial charge in [-0.3, -0.25) is 4.79 Å². The molecular formula is C13H17ClN2O. The highest BCUT2D eigenvalue weighted by atomic mass is 35.5. The van der Waals surface area contributed by atoms with Gasteiger partial charge in [0.1, 0.15) is 0 Å². The smallest absolute Gasteiger partial charge is 0.254 e. The summed E-state index contributed by atoms with van der Waals surface area (Å²) in [4.78, 5) is 14.2. The minimum Gasteiger partial charge on any atom is -0.333 e. The van der Waals surface area contributed by atoms with Gasteiger partial charge < -0.3 is 10.2 Å². The van der Waals surface area contributed by atoms with Crippen molar-refractivity contribution in [2.45, 2.75) is 19.9 Å². The summed E-state index contributed by atoms with van der Waals surface area (Å²) in [5.41, 5.74) is 1.67. The fourth-order valence-corrected chi connectivity index (χ4v) is 2.13. The van der Waals surface area contributed by atoms with Crippen LogP contribution in [0.1, 0.15) is 22.8 Å². The molecule has 92 valence electrons. The summed E-state index contributed by atoms with van der Waals surface area (Å²) in [6, 6.07) is 5.82. The topological polar surface area (TPSA) is 32.3 Å². The normalized spacial score (nSPS) is 15.5. The van der Waals surface area contributed by atoms with E-state index < -0.39 is 0 Å². The molecule has 1 fully saturated rings. The molecule has 17 heavy (non-hydrogen) atoms. The molecule has 0 radical (unpaired) electrons. The Hall–Kier alpha value is -1.06. The predicted molar refractivity (Wildman–Crippen MR) is 69.6 cm³/mol.